The van der Waals surface area contributed by atoms with Crippen LogP contribution in [0.5, 0.6) is 0 Å². The van der Waals surface area contributed by atoms with Crippen molar-refractivity contribution in [3.63, 3.8) is 0 Å². The molecule has 0 amide bonds. The van der Waals surface area contributed by atoms with E-state index in [0.717, 1.165) is 47.2 Å². The van der Waals surface area contributed by atoms with Crippen LogP contribution in [0.1, 0.15) is 25.7 Å². The predicted octanol–water partition coefficient (Wildman–Crippen LogP) is 3.20. The second kappa shape index (κ2) is 7.19. The highest BCUT2D eigenvalue weighted by Crippen LogP contribution is 2.28. The Hall–Kier alpha value is -2.47. The van der Waals surface area contributed by atoms with Gasteiger partial charge in [-0.3, -0.25) is 5.10 Å². The number of pyridine rings is 2. The Labute approximate surface area is 147 Å². The average Bonchev–Trinajstić information content (AvgIpc) is 3.11. The number of fused-ring (bicyclic) bond motifs is 1. The highest BCUT2D eigenvalue weighted by Gasteiger charge is 2.20. The predicted molar refractivity (Wildman–Crippen MR) is 100 cm³/mol. The van der Waals surface area contributed by atoms with Gasteiger partial charge in [0.1, 0.15) is 11.5 Å². The summed E-state index contributed by atoms with van der Waals surface area (Å²) >= 11 is 0. The van der Waals surface area contributed by atoms with Crippen molar-refractivity contribution in [3.8, 4) is 11.4 Å². The van der Waals surface area contributed by atoms with Crippen molar-refractivity contribution in [2.24, 2.45) is 17.6 Å². The van der Waals surface area contributed by atoms with Crippen molar-refractivity contribution < 1.29 is 0 Å². The number of aromatic amines is 1. The monoisotopic (exact) mass is 336 g/mol. The highest BCUT2D eigenvalue weighted by atomic mass is 15.2. The Morgan fingerprint density at radius 1 is 1.08 bits per heavy atom. The fraction of sp³-hybridized carbons (Fsp3) is 0.421. The molecule has 3 aromatic rings. The maximum Gasteiger partial charge on any atom is 0.155 e. The Kier molecular flexibility index (Phi) is 4.61. The Balaban J connectivity index is 1.45. The molecule has 0 bridgehead atoms. The second-order valence-electron chi connectivity index (χ2n) is 6.88. The molecular formula is C19H24N6. The van der Waals surface area contributed by atoms with Crippen LogP contribution in [0.15, 0.2) is 36.5 Å². The lowest BCUT2D eigenvalue weighted by atomic mass is 9.82. The third kappa shape index (κ3) is 3.49. The van der Waals surface area contributed by atoms with Gasteiger partial charge in [0.25, 0.3) is 0 Å². The van der Waals surface area contributed by atoms with Crippen LogP contribution in [-0.2, 0) is 0 Å². The van der Waals surface area contributed by atoms with E-state index in [1.54, 1.807) is 6.20 Å². The topological polar surface area (TPSA) is 92.5 Å². The summed E-state index contributed by atoms with van der Waals surface area (Å²) < 4.78 is 0. The van der Waals surface area contributed by atoms with Crippen LogP contribution in [-0.4, -0.2) is 33.3 Å². The molecule has 130 valence electrons. The van der Waals surface area contributed by atoms with Gasteiger partial charge in [0.2, 0.25) is 0 Å². The van der Waals surface area contributed by atoms with E-state index in [0.29, 0.717) is 5.92 Å². The Bertz CT molecular complexity index is 835. The van der Waals surface area contributed by atoms with E-state index in [9.17, 15) is 0 Å². The number of hydrogen-bond acceptors (Lipinski definition) is 5. The number of anilines is 1. The fourth-order valence-electron chi connectivity index (χ4n) is 3.64. The van der Waals surface area contributed by atoms with Crippen molar-refractivity contribution in [1.29, 1.82) is 0 Å². The molecule has 1 aliphatic rings. The van der Waals surface area contributed by atoms with Crippen LogP contribution < -0.4 is 11.1 Å². The Morgan fingerprint density at radius 3 is 2.76 bits per heavy atom. The van der Waals surface area contributed by atoms with Crippen molar-refractivity contribution >= 4 is 16.9 Å². The summed E-state index contributed by atoms with van der Waals surface area (Å²) in [6.45, 7) is 1.80. The zero-order valence-corrected chi connectivity index (χ0v) is 14.3. The molecule has 0 aromatic carbocycles. The number of H-pyrrole nitrogens is 1. The lowest BCUT2D eigenvalue weighted by Gasteiger charge is -2.27. The van der Waals surface area contributed by atoms with Gasteiger partial charge in [-0.2, -0.15) is 5.10 Å². The molecule has 1 saturated carbocycles. The number of nitrogens with one attached hydrogen (secondary N) is 2. The van der Waals surface area contributed by atoms with Gasteiger partial charge < -0.3 is 11.1 Å². The zero-order chi connectivity index (χ0) is 17.1. The minimum Gasteiger partial charge on any atom is -0.370 e. The van der Waals surface area contributed by atoms with Gasteiger partial charge in [-0.05, 0) is 68.3 Å². The number of hydrogen-bond donors (Lipinski definition) is 3. The van der Waals surface area contributed by atoms with Gasteiger partial charge in [-0.25, -0.2) is 9.97 Å². The summed E-state index contributed by atoms with van der Waals surface area (Å²) in [6.07, 6.45) is 6.77. The van der Waals surface area contributed by atoms with Crippen LogP contribution in [0.25, 0.3) is 22.4 Å². The summed E-state index contributed by atoms with van der Waals surface area (Å²) in [7, 11) is 0. The molecule has 4 N–H and O–H groups in total. The molecule has 0 unspecified atom stereocenters. The SMILES string of the molecule is NCC1CCC(CNc2cccc(-c3n[nH]c4ncccc34)n2)CC1. The Morgan fingerprint density at radius 2 is 1.92 bits per heavy atom. The summed E-state index contributed by atoms with van der Waals surface area (Å²) in [5.74, 6) is 2.33. The van der Waals surface area contributed by atoms with E-state index in [-0.39, 0.29) is 0 Å². The van der Waals surface area contributed by atoms with Crippen LogP contribution in [0.3, 0.4) is 0 Å². The summed E-state index contributed by atoms with van der Waals surface area (Å²) in [5, 5.41) is 11.8. The van der Waals surface area contributed by atoms with Gasteiger partial charge >= 0.3 is 0 Å². The maximum absolute atomic E-state index is 5.78. The lowest BCUT2D eigenvalue weighted by Crippen LogP contribution is -2.25. The van der Waals surface area contributed by atoms with Crippen molar-refractivity contribution in [2.75, 3.05) is 18.4 Å². The maximum atomic E-state index is 5.78. The number of aromatic nitrogens is 4. The van der Waals surface area contributed by atoms with Gasteiger partial charge in [-0.15, -0.1) is 0 Å². The van der Waals surface area contributed by atoms with E-state index in [4.69, 9.17) is 10.7 Å². The van der Waals surface area contributed by atoms with Crippen molar-refractivity contribution in [1.82, 2.24) is 20.2 Å². The smallest absolute Gasteiger partial charge is 0.155 e. The summed E-state index contributed by atoms with van der Waals surface area (Å²) in [4.78, 5) is 9.03. The molecule has 0 atom stereocenters. The zero-order valence-electron chi connectivity index (χ0n) is 14.3. The standard InChI is InChI=1S/C19H24N6/c20-11-13-6-8-14(9-7-13)12-22-17-5-1-4-16(23-17)18-15-3-2-10-21-19(15)25-24-18/h1-5,10,13-14H,6-9,11-12,20H2,(H,22,23)(H,21,24,25). The molecule has 4 rings (SSSR count). The third-order valence-electron chi connectivity index (χ3n) is 5.20. The molecule has 1 fully saturated rings. The molecule has 3 heterocycles. The van der Waals surface area contributed by atoms with E-state index < -0.39 is 0 Å². The molecule has 0 aliphatic heterocycles. The molecule has 0 spiro atoms. The fourth-order valence-corrected chi connectivity index (χ4v) is 3.64. The molecular weight excluding hydrogens is 312 g/mol. The van der Waals surface area contributed by atoms with Gasteiger partial charge in [0, 0.05) is 18.1 Å². The first kappa shape index (κ1) is 16.0. The van der Waals surface area contributed by atoms with E-state index in [1.807, 2.05) is 30.3 Å². The largest absolute Gasteiger partial charge is 0.370 e. The first-order valence-electron chi connectivity index (χ1n) is 9.04. The van der Waals surface area contributed by atoms with E-state index in [1.165, 1.54) is 25.7 Å². The molecule has 6 nitrogen and oxygen atoms in total. The van der Waals surface area contributed by atoms with E-state index >= 15 is 0 Å². The van der Waals surface area contributed by atoms with Crippen LogP contribution in [0, 0.1) is 11.8 Å². The van der Waals surface area contributed by atoms with Crippen LogP contribution in [0.4, 0.5) is 5.82 Å². The van der Waals surface area contributed by atoms with Crippen molar-refractivity contribution in [3.05, 3.63) is 36.5 Å². The second-order valence-corrected chi connectivity index (χ2v) is 6.88. The summed E-state index contributed by atoms with van der Waals surface area (Å²) in [6, 6.07) is 9.95. The average molecular weight is 336 g/mol. The van der Waals surface area contributed by atoms with E-state index in [2.05, 4.69) is 20.5 Å². The quantitative estimate of drug-likeness (QED) is 0.665. The van der Waals surface area contributed by atoms with Gasteiger partial charge in [0.05, 0.1) is 5.69 Å². The highest BCUT2D eigenvalue weighted by molar-refractivity contribution is 5.89. The molecule has 0 saturated heterocycles. The van der Waals surface area contributed by atoms with Crippen molar-refractivity contribution in [2.45, 2.75) is 25.7 Å². The minimum atomic E-state index is 0.712. The number of rotatable bonds is 5. The first-order valence-corrected chi connectivity index (χ1v) is 9.04. The molecule has 3 aromatic heterocycles. The lowest BCUT2D eigenvalue weighted by molar-refractivity contribution is 0.289. The normalized spacial score (nSPS) is 20.7. The van der Waals surface area contributed by atoms with Gasteiger partial charge in [0.15, 0.2) is 5.65 Å². The van der Waals surface area contributed by atoms with Gasteiger partial charge in [-0.1, -0.05) is 6.07 Å². The first-order chi connectivity index (χ1) is 12.3. The molecule has 25 heavy (non-hydrogen) atoms. The molecule has 1 aliphatic carbocycles. The summed E-state index contributed by atoms with van der Waals surface area (Å²) in [5.41, 5.74) is 8.26. The minimum absolute atomic E-state index is 0.712. The molecule has 6 heteroatoms. The number of nitrogens with two attached hydrogens (primary N) is 1. The van der Waals surface area contributed by atoms with Crippen LogP contribution >= 0.6 is 0 Å². The molecule has 0 radical (unpaired) electrons. The van der Waals surface area contributed by atoms with Crippen LogP contribution in [0.2, 0.25) is 0 Å². The number of nitrogens with zero attached hydrogens (tertiary/aromatic N) is 3. The third-order valence-corrected chi connectivity index (χ3v) is 5.20.